The van der Waals surface area contributed by atoms with Gasteiger partial charge in [0.05, 0.1) is 12.0 Å². The molecule has 0 aliphatic heterocycles. The van der Waals surface area contributed by atoms with Crippen LogP contribution in [0.3, 0.4) is 0 Å². The van der Waals surface area contributed by atoms with E-state index in [-0.39, 0.29) is 10.6 Å². The van der Waals surface area contributed by atoms with Crippen LogP contribution in [0.2, 0.25) is 0 Å². The smallest absolute Gasteiger partial charge is 0.258 e. The zero-order valence-electron chi connectivity index (χ0n) is 9.42. The van der Waals surface area contributed by atoms with Crippen LogP contribution in [0.25, 0.3) is 0 Å². The molecule has 0 saturated carbocycles. The summed E-state index contributed by atoms with van der Waals surface area (Å²) >= 11 is 0. The number of imidazole rings is 1. The van der Waals surface area contributed by atoms with Crippen LogP contribution < -0.4 is 4.57 Å². The van der Waals surface area contributed by atoms with Crippen molar-refractivity contribution in [2.75, 3.05) is 0 Å². The van der Waals surface area contributed by atoms with Crippen molar-refractivity contribution < 1.29 is 17.9 Å². The molecule has 0 bridgehead atoms. The molecule has 0 radical (unpaired) electrons. The van der Waals surface area contributed by atoms with Crippen LogP contribution in [0.5, 0.6) is 0 Å². The summed E-state index contributed by atoms with van der Waals surface area (Å²) < 4.78 is 26.9. The first-order valence-electron chi connectivity index (χ1n) is 4.94. The quantitative estimate of drug-likeness (QED) is 0.459. The Labute approximate surface area is 103 Å². The van der Waals surface area contributed by atoms with Gasteiger partial charge in [-0.1, -0.05) is 0 Å². The molecule has 18 heavy (non-hydrogen) atoms. The molecule has 0 atom stereocenters. The van der Waals surface area contributed by atoms with Gasteiger partial charge in [-0.05, 0) is 12.1 Å². The third-order valence-electron chi connectivity index (χ3n) is 2.37. The van der Waals surface area contributed by atoms with Gasteiger partial charge in [-0.15, -0.1) is 3.97 Å². The number of nitro benzene ring substituents is 1. The summed E-state index contributed by atoms with van der Waals surface area (Å²) in [6.07, 6.45) is 4.39. The number of aromatic nitrogens is 2. The Morgan fingerprint density at radius 2 is 1.89 bits per heavy atom. The van der Waals surface area contributed by atoms with Gasteiger partial charge in [-0.25, -0.2) is 4.57 Å². The Bertz CT molecular complexity index is 688. The molecule has 0 saturated heterocycles. The van der Waals surface area contributed by atoms with Gasteiger partial charge in [0.25, 0.3) is 12.0 Å². The summed E-state index contributed by atoms with van der Waals surface area (Å²) in [5.74, 6) is 0. The summed E-state index contributed by atoms with van der Waals surface area (Å²) in [6.45, 7) is 0. The molecule has 2 aromatic rings. The fourth-order valence-corrected chi connectivity index (χ4v) is 2.64. The molecular weight excluding hydrogens is 258 g/mol. The number of non-ortho nitro benzene ring substituents is 1. The Kier molecular flexibility index (Phi) is 2.87. The third kappa shape index (κ3) is 2.09. The number of rotatable bonds is 3. The maximum absolute atomic E-state index is 12.1. The molecular formula is C10H10N3O4S+. The molecule has 2 rings (SSSR count). The van der Waals surface area contributed by atoms with E-state index in [9.17, 15) is 18.5 Å². The second kappa shape index (κ2) is 4.22. The van der Waals surface area contributed by atoms with Gasteiger partial charge in [0.2, 0.25) is 0 Å². The van der Waals surface area contributed by atoms with Crippen LogP contribution >= 0.6 is 0 Å². The van der Waals surface area contributed by atoms with Crippen molar-refractivity contribution in [1.82, 2.24) is 3.97 Å². The molecule has 7 nitrogen and oxygen atoms in total. The van der Waals surface area contributed by atoms with Crippen molar-refractivity contribution in [2.45, 2.75) is 4.90 Å². The second-order valence-corrected chi connectivity index (χ2v) is 5.51. The lowest BCUT2D eigenvalue weighted by Crippen LogP contribution is -2.25. The highest BCUT2D eigenvalue weighted by Crippen LogP contribution is 2.17. The molecule has 0 fully saturated rings. The highest BCUT2D eigenvalue weighted by Gasteiger charge is 2.22. The minimum absolute atomic E-state index is 0.00398. The number of hydrogen-bond acceptors (Lipinski definition) is 4. The van der Waals surface area contributed by atoms with E-state index in [1.807, 2.05) is 0 Å². The minimum atomic E-state index is -3.69. The molecule has 0 aliphatic rings. The molecule has 0 amide bonds. The topological polar surface area (TPSA) is 86.1 Å². The summed E-state index contributed by atoms with van der Waals surface area (Å²) in [6, 6.07) is 4.76. The lowest BCUT2D eigenvalue weighted by atomic mass is 10.3. The number of aryl methyl sites for hydroxylation is 1. The van der Waals surface area contributed by atoms with Gasteiger partial charge in [0.15, 0.2) is 0 Å². The highest BCUT2D eigenvalue weighted by molar-refractivity contribution is 7.90. The van der Waals surface area contributed by atoms with Crippen LogP contribution in [0.15, 0.2) is 47.9 Å². The molecule has 8 heteroatoms. The average molecular weight is 268 g/mol. The largest absolute Gasteiger partial charge is 0.335 e. The SMILES string of the molecule is C[n+]1ccn(S(=O)(=O)c2ccc([N+](=O)[O-])cc2)c1. The Morgan fingerprint density at radius 1 is 1.28 bits per heavy atom. The first-order valence-corrected chi connectivity index (χ1v) is 6.38. The van der Waals surface area contributed by atoms with E-state index in [1.54, 1.807) is 17.8 Å². The van der Waals surface area contributed by atoms with Gasteiger partial charge in [-0.3, -0.25) is 10.1 Å². The maximum atomic E-state index is 12.1. The molecule has 1 aromatic heterocycles. The van der Waals surface area contributed by atoms with Crippen molar-refractivity contribution >= 4 is 15.7 Å². The summed E-state index contributed by atoms with van der Waals surface area (Å²) in [5.41, 5.74) is -0.146. The predicted octanol–water partition coefficient (Wildman–Crippen LogP) is 0.458. The van der Waals surface area contributed by atoms with Gasteiger partial charge in [-0.2, -0.15) is 8.42 Å². The molecule has 1 heterocycles. The summed E-state index contributed by atoms with van der Waals surface area (Å²) in [4.78, 5) is 9.91. The monoisotopic (exact) mass is 268 g/mol. The summed E-state index contributed by atoms with van der Waals surface area (Å²) in [7, 11) is -1.99. The highest BCUT2D eigenvalue weighted by atomic mass is 32.2. The van der Waals surface area contributed by atoms with Crippen LogP contribution in [0.1, 0.15) is 0 Å². The zero-order chi connectivity index (χ0) is 13.3. The van der Waals surface area contributed by atoms with E-state index in [4.69, 9.17) is 0 Å². The number of benzene rings is 1. The lowest BCUT2D eigenvalue weighted by Gasteiger charge is -1.99. The van der Waals surface area contributed by atoms with E-state index < -0.39 is 14.9 Å². The second-order valence-electron chi connectivity index (χ2n) is 3.67. The number of nitrogens with zero attached hydrogens (tertiary/aromatic N) is 3. The number of nitro groups is 1. The average Bonchev–Trinajstić information content (AvgIpc) is 2.76. The molecule has 0 spiro atoms. The van der Waals surface area contributed by atoms with Crippen molar-refractivity contribution in [2.24, 2.45) is 7.05 Å². The molecule has 0 unspecified atom stereocenters. The van der Waals surface area contributed by atoms with Crippen LogP contribution in [-0.4, -0.2) is 17.3 Å². The predicted molar refractivity (Wildman–Crippen MR) is 61.3 cm³/mol. The van der Waals surface area contributed by atoms with Crippen LogP contribution in [-0.2, 0) is 17.1 Å². The van der Waals surface area contributed by atoms with Crippen LogP contribution in [0, 0.1) is 10.1 Å². The van der Waals surface area contributed by atoms with E-state index in [1.165, 1.54) is 24.7 Å². The Balaban J connectivity index is 2.45. The Hall–Kier alpha value is -2.22. The number of hydrogen-bond donors (Lipinski definition) is 0. The zero-order valence-corrected chi connectivity index (χ0v) is 10.2. The van der Waals surface area contributed by atoms with E-state index >= 15 is 0 Å². The summed E-state index contributed by atoms with van der Waals surface area (Å²) in [5, 5.41) is 10.5. The standard InChI is InChI=1S/C10H10N3O4S/c1-11-6-7-12(8-11)18(16,17)10-4-2-9(3-5-10)13(14)15/h2-8H,1H3/q+1. The van der Waals surface area contributed by atoms with E-state index in [0.29, 0.717) is 0 Å². The molecule has 0 N–H and O–H groups in total. The fraction of sp³-hybridized carbons (Fsp3) is 0.100. The third-order valence-corrected chi connectivity index (χ3v) is 4.01. The van der Waals surface area contributed by atoms with E-state index in [2.05, 4.69) is 0 Å². The lowest BCUT2D eigenvalue weighted by molar-refractivity contribution is -0.670. The van der Waals surface area contributed by atoms with Gasteiger partial charge >= 0.3 is 10.0 Å². The first kappa shape index (κ1) is 12.2. The minimum Gasteiger partial charge on any atom is -0.258 e. The van der Waals surface area contributed by atoms with Gasteiger partial charge in [0.1, 0.15) is 17.3 Å². The van der Waals surface area contributed by atoms with Crippen molar-refractivity contribution in [3.05, 3.63) is 53.1 Å². The normalized spacial score (nSPS) is 11.4. The van der Waals surface area contributed by atoms with Crippen molar-refractivity contribution in [1.29, 1.82) is 0 Å². The van der Waals surface area contributed by atoms with Crippen molar-refractivity contribution in [3.63, 3.8) is 0 Å². The maximum Gasteiger partial charge on any atom is 0.335 e. The molecule has 1 aromatic carbocycles. The van der Waals surface area contributed by atoms with E-state index in [0.717, 1.165) is 16.1 Å². The van der Waals surface area contributed by atoms with Crippen LogP contribution in [0.4, 0.5) is 5.69 Å². The van der Waals surface area contributed by atoms with Gasteiger partial charge in [0, 0.05) is 12.1 Å². The molecule has 94 valence electrons. The van der Waals surface area contributed by atoms with Gasteiger partial charge < -0.3 is 0 Å². The Morgan fingerprint density at radius 3 is 2.33 bits per heavy atom. The fourth-order valence-electron chi connectivity index (χ4n) is 1.43. The van der Waals surface area contributed by atoms with Crippen molar-refractivity contribution in [3.8, 4) is 0 Å². The first-order chi connectivity index (χ1) is 8.41. The molecule has 0 aliphatic carbocycles.